The number of hydrogen-bond acceptors (Lipinski definition) is 6. The zero-order valence-electron chi connectivity index (χ0n) is 18.0. The van der Waals surface area contributed by atoms with Gasteiger partial charge in [0.1, 0.15) is 0 Å². The topological polar surface area (TPSA) is 85.5 Å². The molecule has 0 aliphatic rings. The molecule has 1 aromatic heterocycles. The third kappa shape index (κ3) is 8.10. The van der Waals surface area contributed by atoms with Crippen LogP contribution in [0.1, 0.15) is 41.5 Å². The Hall–Kier alpha value is -2.58. The highest BCUT2D eigenvalue weighted by Crippen LogP contribution is 2.16. The zero-order valence-corrected chi connectivity index (χ0v) is 18.0. The van der Waals surface area contributed by atoms with Crippen molar-refractivity contribution in [3.63, 3.8) is 0 Å². The van der Waals surface area contributed by atoms with Gasteiger partial charge < -0.3 is 14.7 Å². The van der Waals surface area contributed by atoms with Gasteiger partial charge in [-0.3, -0.25) is 0 Å². The minimum Gasteiger partial charge on any atom is -0.363 e. The van der Waals surface area contributed by atoms with Gasteiger partial charge in [0, 0.05) is 39.3 Å². The first-order valence-corrected chi connectivity index (χ1v) is 9.14. The van der Waals surface area contributed by atoms with E-state index in [-0.39, 0.29) is 17.8 Å². The molecule has 0 radical (unpaired) electrons. The van der Waals surface area contributed by atoms with Crippen molar-refractivity contribution in [3.05, 3.63) is 0 Å². The molecule has 0 fully saturated rings. The highest BCUT2D eigenvalue weighted by atomic mass is 15.3. The summed E-state index contributed by atoms with van der Waals surface area (Å²) in [5.74, 6) is 0.823. The van der Waals surface area contributed by atoms with Gasteiger partial charge in [0.2, 0.25) is 0 Å². The molecule has 0 aromatic carbocycles. The lowest BCUT2D eigenvalue weighted by atomic mass is 10.4. The van der Waals surface area contributed by atoms with E-state index in [1.165, 1.54) is 0 Å². The Balaban J connectivity index is 3.17. The molecule has 0 atom stereocenters. The van der Waals surface area contributed by atoms with Crippen LogP contribution in [0.15, 0.2) is 15.0 Å². The molecule has 1 aromatic rings. The molecule has 0 aliphatic carbocycles. The summed E-state index contributed by atoms with van der Waals surface area (Å²) in [6.45, 7) is 12.5. The van der Waals surface area contributed by atoms with Crippen LogP contribution in [0.2, 0.25) is 0 Å². The first-order chi connectivity index (χ1) is 12.6. The lowest BCUT2D eigenvalue weighted by Crippen LogP contribution is -2.24. The molecule has 0 saturated heterocycles. The smallest absolute Gasteiger partial charge is 0.257 e. The maximum atomic E-state index is 4.34. The summed E-state index contributed by atoms with van der Waals surface area (Å²) in [6.07, 6.45) is 5.09. The van der Waals surface area contributed by atoms with Crippen LogP contribution in [0.4, 0.5) is 17.8 Å². The van der Waals surface area contributed by atoms with E-state index in [4.69, 9.17) is 0 Å². The third-order valence-electron chi connectivity index (χ3n) is 4.11. The molecular weight excluding hydrogens is 342 g/mol. The Morgan fingerprint density at radius 1 is 0.556 bits per heavy atom. The van der Waals surface area contributed by atoms with Gasteiger partial charge in [-0.25, -0.2) is 15.0 Å². The van der Waals surface area contributed by atoms with E-state index in [0.29, 0.717) is 18.1 Å². The van der Waals surface area contributed by atoms with Crippen molar-refractivity contribution in [1.82, 2.24) is 29.7 Å². The minimum absolute atomic E-state index is 0.274. The molecule has 0 unspecified atom stereocenters. The number of hydrogen-bond donors (Lipinski definition) is 0. The number of aliphatic imine (C=N–C) groups is 3. The second kappa shape index (κ2) is 10.5. The summed E-state index contributed by atoms with van der Waals surface area (Å²) in [4.78, 5) is 31.8. The van der Waals surface area contributed by atoms with E-state index < -0.39 is 0 Å². The van der Waals surface area contributed by atoms with Crippen molar-refractivity contribution in [2.75, 3.05) is 21.1 Å². The molecule has 0 bridgehead atoms. The molecule has 0 saturated carbocycles. The van der Waals surface area contributed by atoms with E-state index in [1.54, 1.807) is 19.0 Å². The minimum atomic E-state index is 0.274. The van der Waals surface area contributed by atoms with Crippen LogP contribution in [0.3, 0.4) is 0 Å². The Morgan fingerprint density at radius 3 is 0.963 bits per heavy atom. The average molecular weight is 376 g/mol. The van der Waals surface area contributed by atoms with Crippen molar-refractivity contribution in [2.45, 2.75) is 59.7 Å². The van der Waals surface area contributed by atoms with Gasteiger partial charge in [0.05, 0.1) is 19.0 Å². The number of nitrogens with zero attached hydrogens (tertiary/aromatic N) is 9. The van der Waals surface area contributed by atoms with Gasteiger partial charge in [-0.15, -0.1) is 0 Å². The fourth-order valence-corrected chi connectivity index (χ4v) is 1.34. The summed E-state index contributed by atoms with van der Waals surface area (Å²) in [6, 6.07) is 0.972. The average Bonchev–Trinajstić information content (AvgIpc) is 2.61. The molecule has 9 heteroatoms. The Labute approximate surface area is 163 Å². The summed E-state index contributed by atoms with van der Waals surface area (Å²) >= 11 is 0. The molecule has 1 rings (SSSR count). The number of aromatic nitrogens is 3. The van der Waals surface area contributed by atoms with Crippen LogP contribution in [0, 0.1) is 0 Å². The summed E-state index contributed by atoms with van der Waals surface area (Å²) in [7, 11) is 5.84. The van der Waals surface area contributed by atoms with Gasteiger partial charge in [0.25, 0.3) is 17.8 Å². The Morgan fingerprint density at radius 2 is 0.778 bits per heavy atom. The van der Waals surface area contributed by atoms with Crippen LogP contribution in [-0.4, -0.2) is 87.9 Å². The number of rotatable bonds is 9. The first kappa shape index (κ1) is 22.5. The normalized spacial score (nSPS) is 12.4. The standard InChI is InChI=1S/C18H33N9/c1-13(2)25(7)10-19-16-22-17(20-11-26(8)14(3)4)24-18(23-16)21-12-27(9)15(5)6/h10-15H,1-9H3. The monoisotopic (exact) mass is 375 g/mol. The third-order valence-corrected chi connectivity index (χ3v) is 4.11. The summed E-state index contributed by atoms with van der Waals surface area (Å²) in [5, 5.41) is 0. The summed E-state index contributed by atoms with van der Waals surface area (Å²) < 4.78 is 0. The highest BCUT2D eigenvalue weighted by Gasteiger charge is 2.06. The predicted molar refractivity (Wildman–Crippen MR) is 113 cm³/mol. The lowest BCUT2D eigenvalue weighted by molar-refractivity contribution is 0.429. The molecule has 1 heterocycles. The van der Waals surface area contributed by atoms with Crippen LogP contribution >= 0.6 is 0 Å². The second-order valence-electron chi connectivity index (χ2n) is 7.25. The fourth-order valence-electron chi connectivity index (χ4n) is 1.34. The molecule has 0 amide bonds. The van der Waals surface area contributed by atoms with E-state index >= 15 is 0 Å². The van der Waals surface area contributed by atoms with E-state index in [2.05, 4.69) is 71.5 Å². The van der Waals surface area contributed by atoms with Gasteiger partial charge >= 0.3 is 0 Å². The van der Waals surface area contributed by atoms with Gasteiger partial charge in [-0.05, 0) is 41.5 Å². The van der Waals surface area contributed by atoms with E-state index in [9.17, 15) is 0 Å². The first-order valence-electron chi connectivity index (χ1n) is 9.14. The van der Waals surface area contributed by atoms with E-state index in [0.717, 1.165) is 0 Å². The van der Waals surface area contributed by atoms with Crippen molar-refractivity contribution in [2.24, 2.45) is 15.0 Å². The fraction of sp³-hybridized carbons (Fsp3) is 0.667. The molecule has 0 N–H and O–H groups in total. The largest absolute Gasteiger partial charge is 0.363 e. The molecular formula is C18H33N9. The van der Waals surface area contributed by atoms with E-state index in [1.807, 2.05) is 35.8 Å². The van der Waals surface area contributed by atoms with Crippen LogP contribution in [-0.2, 0) is 0 Å². The zero-order chi connectivity index (χ0) is 20.6. The molecule has 27 heavy (non-hydrogen) atoms. The molecule has 9 nitrogen and oxygen atoms in total. The lowest BCUT2D eigenvalue weighted by Gasteiger charge is -2.17. The molecule has 0 aliphatic heterocycles. The summed E-state index contributed by atoms with van der Waals surface area (Å²) in [5.41, 5.74) is 0. The highest BCUT2D eigenvalue weighted by molar-refractivity contribution is 5.62. The van der Waals surface area contributed by atoms with Gasteiger partial charge in [-0.2, -0.15) is 15.0 Å². The quantitative estimate of drug-likeness (QED) is 0.487. The second-order valence-corrected chi connectivity index (χ2v) is 7.25. The van der Waals surface area contributed by atoms with Crippen molar-refractivity contribution >= 4 is 36.9 Å². The van der Waals surface area contributed by atoms with Gasteiger partial charge in [-0.1, -0.05) is 0 Å². The Kier molecular flexibility index (Phi) is 8.77. The predicted octanol–water partition coefficient (Wildman–Crippen LogP) is 2.87. The van der Waals surface area contributed by atoms with Gasteiger partial charge in [0.15, 0.2) is 0 Å². The van der Waals surface area contributed by atoms with Crippen molar-refractivity contribution in [1.29, 1.82) is 0 Å². The van der Waals surface area contributed by atoms with Crippen LogP contribution in [0.25, 0.3) is 0 Å². The van der Waals surface area contributed by atoms with Crippen molar-refractivity contribution < 1.29 is 0 Å². The molecule has 0 spiro atoms. The maximum absolute atomic E-state index is 4.34. The van der Waals surface area contributed by atoms with Crippen LogP contribution < -0.4 is 0 Å². The molecule has 150 valence electrons. The maximum Gasteiger partial charge on any atom is 0.257 e. The Bertz CT molecular complexity index is 562. The van der Waals surface area contributed by atoms with Crippen molar-refractivity contribution in [3.8, 4) is 0 Å². The SMILES string of the molecule is CC(C)N(C)C=Nc1nc(N=CN(C)C(C)C)nc(N=CN(C)C(C)C)n1. The van der Waals surface area contributed by atoms with Crippen LogP contribution in [0.5, 0.6) is 0 Å².